The van der Waals surface area contributed by atoms with Crippen LogP contribution in [0.15, 0.2) is 76.8 Å². The molecular weight excluding hydrogens is 549 g/mol. The van der Waals surface area contributed by atoms with E-state index >= 15 is 0 Å². The zero-order chi connectivity index (χ0) is 25.8. The summed E-state index contributed by atoms with van der Waals surface area (Å²) in [5, 5.41) is 11.4. The van der Waals surface area contributed by atoms with Gasteiger partial charge in [-0.1, -0.05) is 30.3 Å². The number of methoxy groups -OCH3 is 1. The zero-order valence-electron chi connectivity index (χ0n) is 19.5. The molecule has 5 rings (SSSR count). The molecule has 0 bridgehead atoms. The van der Waals surface area contributed by atoms with Crippen LogP contribution in [-0.2, 0) is 16.7 Å². The average Bonchev–Trinajstić information content (AvgIpc) is 3.65. The lowest BCUT2D eigenvalue weighted by Gasteiger charge is -2.17. The smallest absolute Gasteiger partial charge is 0.357 e. The minimum atomic E-state index is -4.33. The standard InChI is InChI=1S/C25H22N4O4S4/c1-33-19-5-2-4-17(13-19)21-14-36-25(28-21)27-20(22-15-35-24(26-22)23-6-3-11-34-23)12-16-7-9-18(10-8-16)29-37(30,31)32/h2-11,13-15,20,29H,12H2,1H3,(H,27,28)(H,30,31,32). The molecule has 0 fully saturated rings. The fourth-order valence-corrected chi connectivity index (χ4v) is 6.58. The number of nitrogens with one attached hydrogen (secondary N) is 2. The largest absolute Gasteiger partial charge is 0.497 e. The number of nitrogens with zero attached hydrogens (tertiary/aromatic N) is 2. The van der Waals surface area contributed by atoms with Crippen molar-refractivity contribution in [3.05, 3.63) is 88.1 Å². The molecule has 3 aromatic heterocycles. The summed E-state index contributed by atoms with van der Waals surface area (Å²) in [4.78, 5) is 10.8. The molecule has 1 atom stereocenters. The summed E-state index contributed by atoms with van der Waals surface area (Å²) in [7, 11) is -2.69. The van der Waals surface area contributed by atoms with Gasteiger partial charge in [-0.15, -0.1) is 34.0 Å². The Bertz CT molecular complexity index is 1580. The van der Waals surface area contributed by atoms with Crippen molar-refractivity contribution < 1.29 is 17.7 Å². The SMILES string of the molecule is COc1cccc(-c2csc(NC(Cc3ccc(NS(=O)(=O)O)cc3)c3csc(-c4cccs4)n3)n2)c1. The number of thiazole rings is 2. The summed E-state index contributed by atoms with van der Waals surface area (Å²) < 4.78 is 38.6. The second-order valence-electron chi connectivity index (χ2n) is 8.00. The first kappa shape index (κ1) is 25.4. The van der Waals surface area contributed by atoms with Crippen molar-refractivity contribution in [2.24, 2.45) is 0 Å². The lowest BCUT2D eigenvalue weighted by atomic mass is 10.0. The van der Waals surface area contributed by atoms with E-state index in [0.717, 1.165) is 43.3 Å². The number of hydrogen-bond donors (Lipinski definition) is 3. The monoisotopic (exact) mass is 570 g/mol. The molecule has 12 heteroatoms. The normalized spacial score (nSPS) is 12.3. The van der Waals surface area contributed by atoms with Crippen molar-refractivity contribution in [3.63, 3.8) is 0 Å². The third-order valence-electron chi connectivity index (χ3n) is 5.42. The van der Waals surface area contributed by atoms with Crippen molar-refractivity contribution in [2.45, 2.75) is 12.5 Å². The summed E-state index contributed by atoms with van der Waals surface area (Å²) in [5.41, 5.74) is 3.96. The molecule has 0 aliphatic rings. The number of rotatable bonds is 10. The average molecular weight is 571 g/mol. The Labute approximate surface area is 226 Å². The van der Waals surface area contributed by atoms with Gasteiger partial charge in [0.05, 0.1) is 35.1 Å². The van der Waals surface area contributed by atoms with Crippen LogP contribution in [0.3, 0.4) is 0 Å². The van der Waals surface area contributed by atoms with Crippen molar-refractivity contribution >= 4 is 55.1 Å². The number of benzene rings is 2. The van der Waals surface area contributed by atoms with Crippen LogP contribution in [0.5, 0.6) is 5.75 Å². The predicted octanol–water partition coefficient (Wildman–Crippen LogP) is 6.61. The molecule has 2 aromatic carbocycles. The highest BCUT2D eigenvalue weighted by Crippen LogP contribution is 2.34. The van der Waals surface area contributed by atoms with Crippen LogP contribution >= 0.6 is 34.0 Å². The molecule has 37 heavy (non-hydrogen) atoms. The van der Waals surface area contributed by atoms with E-state index < -0.39 is 10.3 Å². The van der Waals surface area contributed by atoms with Gasteiger partial charge in [0.1, 0.15) is 10.8 Å². The summed E-state index contributed by atoms with van der Waals surface area (Å²) in [6.45, 7) is 0. The first-order valence-corrected chi connectivity index (χ1v) is 15.1. The molecular formula is C25H22N4O4S4. The Morgan fingerprint density at radius 3 is 2.57 bits per heavy atom. The van der Waals surface area contributed by atoms with Crippen LogP contribution in [0, 0.1) is 0 Å². The summed E-state index contributed by atoms with van der Waals surface area (Å²) in [6, 6.07) is 18.5. The number of ether oxygens (including phenoxy) is 1. The highest BCUT2D eigenvalue weighted by molar-refractivity contribution is 7.87. The van der Waals surface area contributed by atoms with Gasteiger partial charge >= 0.3 is 10.3 Å². The Morgan fingerprint density at radius 1 is 1.00 bits per heavy atom. The first-order chi connectivity index (χ1) is 17.9. The Hall–Kier alpha value is -3.29. The molecule has 0 saturated heterocycles. The van der Waals surface area contributed by atoms with Gasteiger partial charge < -0.3 is 10.1 Å². The van der Waals surface area contributed by atoms with Crippen LogP contribution in [0.25, 0.3) is 21.1 Å². The van der Waals surface area contributed by atoms with Crippen LogP contribution in [0.2, 0.25) is 0 Å². The fraction of sp³-hybridized carbons (Fsp3) is 0.120. The first-order valence-electron chi connectivity index (χ1n) is 11.1. The lowest BCUT2D eigenvalue weighted by Crippen LogP contribution is -2.14. The topological polar surface area (TPSA) is 113 Å². The maximum Gasteiger partial charge on any atom is 0.357 e. The highest BCUT2D eigenvalue weighted by atomic mass is 32.2. The molecule has 0 spiro atoms. The van der Waals surface area contributed by atoms with E-state index in [1.54, 1.807) is 41.9 Å². The highest BCUT2D eigenvalue weighted by Gasteiger charge is 2.19. The summed E-state index contributed by atoms with van der Waals surface area (Å²) in [5.74, 6) is 0.772. The molecule has 3 N–H and O–H groups in total. The number of aromatic nitrogens is 2. The molecule has 0 aliphatic carbocycles. The third kappa shape index (κ3) is 6.53. The van der Waals surface area contributed by atoms with E-state index in [9.17, 15) is 8.42 Å². The van der Waals surface area contributed by atoms with Crippen LogP contribution in [0.4, 0.5) is 10.8 Å². The molecule has 0 amide bonds. The van der Waals surface area contributed by atoms with Gasteiger partial charge in [-0.2, -0.15) is 8.42 Å². The fourth-order valence-electron chi connectivity index (χ4n) is 3.69. The zero-order valence-corrected chi connectivity index (χ0v) is 22.8. The molecule has 190 valence electrons. The lowest BCUT2D eigenvalue weighted by molar-refractivity contribution is 0.415. The number of hydrogen-bond acceptors (Lipinski definition) is 9. The maximum absolute atomic E-state index is 11.1. The van der Waals surface area contributed by atoms with Crippen molar-refractivity contribution in [2.75, 3.05) is 17.1 Å². The van der Waals surface area contributed by atoms with Crippen molar-refractivity contribution in [1.29, 1.82) is 0 Å². The van der Waals surface area contributed by atoms with E-state index in [2.05, 4.69) is 21.5 Å². The maximum atomic E-state index is 11.1. The van der Waals surface area contributed by atoms with Crippen LogP contribution in [-0.4, -0.2) is 30.0 Å². The van der Waals surface area contributed by atoms with Crippen molar-refractivity contribution in [3.8, 4) is 26.9 Å². The second-order valence-corrected chi connectivity index (χ2v) is 11.8. The molecule has 8 nitrogen and oxygen atoms in total. The van der Waals surface area contributed by atoms with Gasteiger partial charge in [0.2, 0.25) is 0 Å². The molecule has 0 radical (unpaired) electrons. The predicted molar refractivity (Wildman–Crippen MR) is 151 cm³/mol. The van der Waals surface area contributed by atoms with Gasteiger partial charge in [-0.25, -0.2) is 9.97 Å². The van der Waals surface area contributed by atoms with Gasteiger partial charge in [0.25, 0.3) is 0 Å². The molecule has 0 aliphatic heterocycles. The summed E-state index contributed by atoms with van der Waals surface area (Å²) in [6.07, 6.45) is 0.591. The minimum Gasteiger partial charge on any atom is -0.497 e. The van der Waals surface area contributed by atoms with Gasteiger partial charge in [-0.05, 0) is 47.7 Å². The Kier molecular flexibility index (Phi) is 7.53. The Balaban J connectivity index is 1.40. The van der Waals surface area contributed by atoms with Gasteiger partial charge in [0.15, 0.2) is 5.13 Å². The summed E-state index contributed by atoms with van der Waals surface area (Å²) >= 11 is 4.76. The van der Waals surface area contributed by atoms with E-state index in [1.807, 2.05) is 53.2 Å². The number of thiophene rings is 1. The molecule has 3 heterocycles. The molecule has 5 aromatic rings. The second kappa shape index (κ2) is 11.0. The minimum absolute atomic E-state index is 0.172. The molecule has 1 unspecified atom stereocenters. The van der Waals surface area contributed by atoms with Crippen molar-refractivity contribution in [1.82, 2.24) is 9.97 Å². The van der Waals surface area contributed by atoms with E-state index in [1.165, 1.54) is 11.3 Å². The van der Waals surface area contributed by atoms with Crippen LogP contribution < -0.4 is 14.8 Å². The van der Waals surface area contributed by atoms with Crippen LogP contribution in [0.1, 0.15) is 17.3 Å². The number of anilines is 2. The quantitative estimate of drug-likeness (QED) is 0.162. The molecule has 0 saturated carbocycles. The third-order valence-corrected chi connectivity index (χ3v) is 8.59. The Morgan fingerprint density at radius 2 is 1.84 bits per heavy atom. The van der Waals surface area contributed by atoms with E-state index in [4.69, 9.17) is 19.3 Å². The van der Waals surface area contributed by atoms with Gasteiger partial charge in [0, 0.05) is 16.3 Å². The van der Waals surface area contributed by atoms with Gasteiger partial charge in [-0.3, -0.25) is 9.27 Å². The van der Waals surface area contributed by atoms with E-state index in [0.29, 0.717) is 6.42 Å². The van der Waals surface area contributed by atoms with E-state index in [-0.39, 0.29) is 11.7 Å².